The van der Waals surface area contributed by atoms with Gasteiger partial charge < -0.3 is 0 Å². The zero-order valence-corrected chi connectivity index (χ0v) is 4.57. The maximum absolute atomic E-state index is 5.51. The zero-order valence-electron chi connectivity index (χ0n) is 3.82. The van der Waals surface area contributed by atoms with E-state index in [2.05, 4.69) is 0 Å². The molecule has 1 nitrogen and oxygen atoms in total. The molecule has 1 fully saturated rings. The molecule has 0 saturated heterocycles. The maximum atomic E-state index is 5.51. The predicted molar refractivity (Wildman–Crippen MR) is 26.6 cm³/mol. The van der Waals surface area contributed by atoms with Crippen LogP contribution in [0.1, 0.15) is 12.8 Å². The molecule has 0 aromatic rings. The SMILES string of the molecule is CN(Cl)C1CC1. The van der Waals surface area contributed by atoms with Gasteiger partial charge in [-0.15, -0.1) is 0 Å². The molecule has 2 heteroatoms. The molecule has 0 heterocycles. The molecular weight excluding hydrogens is 97.5 g/mol. The van der Waals surface area contributed by atoms with Gasteiger partial charge in [-0.2, -0.15) is 0 Å². The summed E-state index contributed by atoms with van der Waals surface area (Å²) >= 11 is 5.51. The highest BCUT2D eigenvalue weighted by Crippen LogP contribution is 2.26. The van der Waals surface area contributed by atoms with Crippen molar-refractivity contribution in [3.05, 3.63) is 0 Å². The maximum Gasteiger partial charge on any atom is 0.0249 e. The van der Waals surface area contributed by atoms with Crippen molar-refractivity contribution in [2.75, 3.05) is 7.05 Å². The lowest BCUT2D eigenvalue weighted by Crippen LogP contribution is -2.05. The molecule has 0 bridgehead atoms. The lowest BCUT2D eigenvalue weighted by Gasteiger charge is -1.98. The first-order valence-corrected chi connectivity index (χ1v) is 2.53. The topological polar surface area (TPSA) is 3.24 Å². The van der Waals surface area contributed by atoms with Gasteiger partial charge >= 0.3 is 0 Å². The molecule has 0 spiro atoms. The number of rotatable bonds is 1. The van der Waals surface area contributed by atoms with E-state index >= 15 is 0 Å². The Morgan fingerprint density at radius 1 is 1.67 bits per heavy atom. The summed E-state index contributed by atoms with van der Waals surface area (Å²) in [4.78, 5) is 0. The van der Waals surface area contributed by atoms with Crippen molar-refractivity contribution < 1.29 is 0 Å². The molecule has 0 radical (unpaired) electrons. The van der Waals surface area contributed by atoms with Gasteiger partial charge in [-0.3, -0.25) is 0 Å². The summed E-state index contributed by atoms with van der Waals surface area (Å²) in [6.45, 7) is 0. The fourth-order valence-electron chi connectivity index (χ4n) is 0.430. The Balaban J connectivity index is 2.13. The highest BCUT2D eigenvalue weighted by atomic mass is 35.5. The van der Waals surface area contributed by atoms with E-state index in [1.165, 1.54) is 12.8 Å². The van der Waals surface area contributed by atoms with Crippen molar-refractivity contribution in [1.82, 2.24) is 4.42 Å². The van der Waals surface area contributed by atoms with Gasteiger partial charge in [0.25, 0.3) is 0 Å². The molecule has 0 aromatic carbocycles. The van der Waals surface area contributed by atoms with Crippen molar-refractivity contribution >= 4 is 11.8 Å². The lowest BCUT2D eigenvalue weighted by molar-refractivity contribution is 0.540. The number of nitrogens with zero attached hydrogens (tertiary/aromatic N) is 1. The fraction of sp³-hybridized carbons (Fsp3) is 1.00. The molecule has 1 aliphatic rings. The molecule has 0 unspecified atom stereocenters. The zero-order chi connectivity index (χ0) is 4.57. The van der Waals surface area contributed by atoms with Gasteiger partial charge in [0.1, 0.15) is 0 Å². The largest absolute Gasteiger partial charge is 0.220 e. The van der Waals surface area contributed by atoms with Crippen molar-refractivity contribution in [2.24, 2.45) is 0 Å². The third kappa shape index (κ3) is 0.854. The van der Waals surface area contributed by atoms with Crippen LogP contribution in [-0.4, -0.2) is 17.5 Å². The van der Waals surface area contributed by atoms with E-state index in [9.17, 15) is 0 Å². The molecule has 0 amide bonds. The molecule has 1 aliphatic carbocycles. The second-order valence-corrected chi connectivity index (χ2v) is 2.29. The second kappa shape index (κ2) is 1.39. The fourth-order valence-corrected chi connectivity index (χ4v) is 0.626. The summed E-state index contributed by atoms with van der Waals surface area (Å²) in [6, 6.07) is 0.701. The van der Waals surface area contributed by atoms with E-state index in [0.29, 0.717) is 6.04 Å². The van der Waals surface area contributed by atoms with Crippen molar-refractivity contribution in [3.8, 4) is 0 Å². The summed E-state index contributed by atoms with van der Waals surface area (Å²) in [5, 5.41) is 0. The first-order valence-electron chi connectivity index (χ1n) is 2.19. The van der Waals surface area contributed by atoms with Crippen LogP contribution in [-0.2, 0) is 0 Å². The van der Waals surface area contributed by atoms with E-state index in [-0.39, 0.29) is 0 Å². The molecule has 36 valence electrons. The minimum Gasteiger partial charge on any atom is -0.220 e. The van der Waals surface area contributed by atoms with E-state index in [1.54, 1.807) is 4.42 Å². The average molecular weight is 106 g/mol. The van der Waals surface area contributed by atoms with Crippen LogP contribution in [0.15, 0.2) is 0 Å². The van der Waals surface area contributed by atoms with E-state index in [0.717, 1.165) is 0 Å². The quantitative estimate of drug-likeness (QED) is 0.454. The van der Waals surface area contributed by atoms with E-state index in [4.69, 9.17) is 11.8 Å². The Kier molecular flexibility index (Phi) is 1.02. The summed E-state index contributed by atoms with van der Waals surface area (Å²) in [7, 11) is 1.90. The van der Waals surface area contributed by atoms with Gasteiger partial charge in [-0.1, -0.05) is 0 Å². The van der Waals surface area contributed by atoms with Crippen LogP contribution in [0.25, 0.3) is 0 Å². The minimum atomic E-state index is 0.701. The molecule has 6 heavy (non-hydrogen) atoms. The molecule has 1 rings (SSSR count). The summed E-state index contributed by atoms with van der Waals surface area (Å²) < 4.78 is 1.75. The van der Waals surface area contributed by atoms with Gasteiger partial charge in [0.05, 0.1) is 0 Å². The highest BCUT2D eigenvalue weighted by molar-refractivity contribution is 6.13. The van der Waals surface area contributed by atoms with E-state index < -0.39 is 0 Å². The van der Waals surface area contributed by atoms with Gasteiger partial charge in [0.15, 0.2) is 0 Å². The Bertz CT molecular complexity index is 49.5. The monoisotopic (exact) mass is 105 g/mol. The molecule has 0 N–H and O–H groups in total. The molecule has 0 aliphatic heterocycles. The first-order chi connectivity index (χ1) is 2.80. The normalized spacial score (nSPS) is 22.5. The van der Waals surface area contributed by atoms with Crippen LogP contribution in [0.5, 0.6) is 0 Å². The third-order valence-electron chi connectivity index (χ3n) is 1.05. The van der Waals surface area contributed by atoms with E-state index in [1.807, 2.05) is 7.05 Å². The van der Waals surface area contributed by atoms with Gasteiger partial charge in [-0.05, 0) is 24.6 Å². The van der Waals surface area contributed by atoms with Crippen molar-refractivity contribution in [2.45, 2.75) is 18.9 Å². The van der Waals surface area contributed by atoms with Crippen LogP contribution >= 0.6 is 11.8 Å². The summed E-state index contributed by atoms with van der Waals surface area (Å²) in [5.41, 5.74) is 0. The Morgan fingerprint density at radius 3 is 2.17 bits per heavy atom. The summed E-state index contributed by atoms with van der Waals surface area (Å²) in [5.74, 6) is 0. The van der Waals surface area contributed by atoms with Gasteiger partial charge in [-0.25, -0.2) is 4.42 Å². The third-order valence-corrected chi connectivity index (χ3v) is 1.33. The summed E-state index contributed by atoms with van der Waals surface area (Å²) in [6.07, 6.45) is 2.58. The highest BCUT2D eigenvalue weighted by Gasteiger charge is 2.24. The van der Waals surface area contributed by atoms with Crippen molar-refractivity contribution in [3.63, 3.8) is 0 Å². The molecule has 1 saturated carbocycles. The van der Waals surface area contributed by atoms with Crippen LogP contribution in [0, 0.1) is 0 Å². The average Bonchev–Trinajstić information content (AvgIpc) is 2.06. The predicted octanol–water partition coefficient (Wildman–Crippen LogP) is 1.23. The molecule has 0 atom stereocenters. The van der Waals surface area contributed by atoms with Crippen molar-refractivity contribution in [1.29, 1.82) is 0 Å². The van der Waals surface area contributed by atoms with Crippen LogP contribution in [0.2, 0.25) is 0 Å². The second-order valence-electron chi connectivity index (χ2n) is 1.76. The number of hydrogen-bond acceptors (Lipinski definition) is 1. The molecule has 0 aromatic heterocycles. The smallest absolute Gasteiger partial charge is 0.0249 e. The Labute approximate surface area is 43.0 Å². The van der Waals surface area contributed by atoms with Crippen LogP contribution in [0.3, 0.4) is 0 Å². The lowest BCUT2D eigenvalue weighted by atomic mass is 10.7. The van der Waals surface area contributed by atoms with Gasteiger partial charge in [0, 0.05) is 13.1 Å². The molecular formula is C4H8ClN. The Morgan fingerprint density at radius 2 is 2.17 bits per heavy atom. The van der Waals surface area contributed by atoms with Crippen LogP contribution in [0.4, 0.5) is 0 Å². The Hall–Kier alpha value is 0.250. The minimum absolute atomic E-state index is 0.701. The number of halogens is 1. The standard InChI is InChI=1S/C4H8ClN/c1-6(5)4-2-3-4/h4H,2-3H2,1H3. The van der Waals surface area contributed by atoms with Crippen LogP contribution < -0.4 is 0 Å². The first kappa shape index (κ1) is 4.41. The van der Waals surface area contributed by atoms with Gasteiger partial charge in [0.2, 0.25) is 0 Å². The number of hydrogen-bond donors (Lipinski definition) is 0.